The lowest BCUT2D eigenvalue weighted by Gasteiger charge is -2.39. The Bertz CT molecular complexity index is 752. The first-order valence-corrected chi connectivity index (χ1v) is 8.27. The zero-order valence-corrected chi connectivity index (χ0v) is 14.4. The van der Waals surface area contributed by atoms with E-state index in [4.69, 9.17) is 10.3 Å². The van der Waals surface area contributed by atoms with Crippen molar-refractivity contribution in [1.29, 1.82) is 0 Å². The van der Waals surface area contributed by atoms with Crippen molar-refractivity contribution >= 4 is 11.8 Å². The molecule has 1 aliphatic rings. The average molecular weight is 342 g/mol. The maximum absolute atomic E-state index is 12.8. The van der Waals surface area contributed by atoms with Crippen LogP contribution in [0.1, 0.15) is 27.4 Å². The quantitative estimate of drug-likeness (QED) is 0.898. The lowest BCUT2D eigenvalue weighted by atomic mass is 10.1. The van der Waals surface area contributed by atoms with Gasteiger partial charge in [0.15, 0.2) is 0 Å². The maximum atomic E-state index is 12.8. The van der Waals surface area contributed by atoms with Crippen molar-refractivity contribution < 1.29 is 14.1 Å². The van der Waals surface area contributed by atoms with Gasteiger partial charge in [-0.05, 0) is 19.4 Å². The summed E-state index contributed by atoms with van der Waals surface area (Å²) in [5, 5.41) is 3.83. The van der Waals surface area contributed by atoms with Gasteiger partial charge in [-0.25, -0.2) is 0 Å². The van der Waals surface area contributed by atoms with Gasteiger partial charge in [0.2, 0.25) is 5.91 Å². The van der Waals surface area contributed by atoms with Crippen LogP contribution in [0.4, 0.5) is 0 Å². The third kappa shape index (κ3) is 3.56. The molecule has 1 fully saturated rings. The predicted molar refractivity (Wildman–Crippen MR) is 91.7 cm³/mol. The summed E-state index contributed by atoms with van der Waals surface area (Å²) in [5.74, 6) is -0.0982. The van der Waals surface area contributed by atoms with E-state index in [9.17, 15) is 9.59 Å². The highest BCUT2D eigenvalue weighted by molar-refractivity contribution is 5.96. The van der Waals surface area contributed by atoms with Gasteiger partial charge in [-0.15, -0.1) is 0 Å². The topological polar surface area (TPSA) is 92.7 Å². The summed E-state index contributed by atoms with van der Waals surface area (Å²) in [6.07, 6.45) is 0. The molecule has 1 saturated heterocycles. The average Bonchev–Trinajstić information content (AvgIpc) is 2.94. The van der Waals surface area contributed by atoms with Gasteiger partial charge in [0.1, 0.15) is 17.4 Å². The summed E-state index contributed by atoms with van der Waals surface area (Å²) in [5.41, 5.74) is 7.75. The fourth-order valence-corrected chi connectivity index (χ4v) is 3.23. The second-order valence-electron chi connectivity index (χ2n) is 6.32. The van der Waals surface area contributed by atoms with Crippen LogP contribution in [-0.4, -0.2) is 52.4 Å². The number of carbonyl (C=O) groups is 2. The summed E-state index contributed by atoms with van der Waals surface area (Å²) in [7, 11) is 0. The summed E-state index contributed by atoms with van der Waals surface area (Å²) >= 11 is 0. The first kappa shape index (κ1) is 17.2. The molecule has 7 nitrogen and oxygen atoms in total. The molecule has 3 rings (SSSR count). The minimum absolute atomic E-state index is 0.165. The molecule has 2 N–H and O–H groups in total. The Hall–Kier alpha value is -2.67. The third-order valence-electron chi connectivity index (χ3n) is 4.58. The largest absolute Gasteiger partial charge is 0.368 e. The molecule has 0 saturated carbocycles. The number of aryl methyl sites for hydroxylation is 2. The Morgan fingerprint density at radius 3 is 2.56 bits per heavy atom. The Morgan fingerprint density at radius 1 is 1.24 bits per heavy atom. The molecule has 0 unspecified atom stereocenters. The molecule has 2 heterocycles. The van der Waals surface area contributed by atoms with Gasteiger partial charge < -0.3 is 15.2 Å². The number of carbonyl (C=O) groups excluding carboxylic acids is 2. The highest BCUT2D eigenvalue weighted by Gasteiger charge is 2.34. The number of aromatic nitrogens is 1. The van der Waals surface area contributed by atoms with E-state index < -0.39 is 11.9 Å². The van der Waals surface area contributed by atoms with Gasteiger partial charge in [-0.2, -0.15) is 0 Å². The molecule has 0 bridgehead atoms. The molecule has 1 aliphatic heterocycles. The maximum Gasteiger partial charge on any atom is 0.259 e. The summed E-state index contributed by atoms with van der Waals surface area (Å²) in [4.78, 5) is 28.4. The molecule has 25 heavy (non-hydrogen) atoms. The second kappa shape index (κ2) is 7.06. The molecule has 1 aromatic carbocycles. The molecule has 132 valence electrons. The van der Waals surface area contributed by atoms with Crippen molar-refractivity contribution in [2.24, 2.45) is 5.73 Å². The van der Waals surface area contributed by atoms with E-state index in [1.54, 1.807) is 18.7 Å². The smallest absolute Gasteiger partial charge is 0.259 e. The van der Waals surface area contributed by atoms with Crippen molar-refractivity contribution in [2.75, 3.05) is 19.6 Å². The standard InChI is InChI=1S/C18H22N4O3/c1-12-16(13(2)25-20-12)18(24)22-9-8-21(15(11-22)17(19)23)10-14-6-4-3-5-7-14/h3-7,15H,8-11H2,1-2H3,(H2,19,23)/t15-/m0/s1. The molecule has 2 amide bonds. The highest BCUT2D eigenvalue weighted by atomic mass is 16.5. The fourth-order valence-electron chi connectivity index (χ4n) is 3.23. The number of hydrogen-bond acceptors (Lipinski definition) is 5. The van der Waals surface area contributed by atoms with Crippen molar-refractivity contribution in [1.82, 2.24) is 15.0 Å². The summed E-state index contributed by atoms with van der Waals surface area (Å²) < 4.78 is 5.08. The van der Waals surface area contributed by atoms with Crippen LogP contribution in [0.25, 0.3) is 0 Å². The highest BCUT2D eigenvalue weighted by Crippen LogP contribution is 2.19. The Balaban J connectivity index is 1.75. The first-order valence-electron chi connectivity index (χ1n) is 8.27. The summed E-state index contributed by atoms with van der Waals surface area (Å²) in [6.45, 7) is 5.45. The SMILES string of the molecule is Cc1noc(C)c1C(=O)N1CCN(Cc2ccccc2)[C@H](C(N)=O)C1. The molecular weight excluding hydrogens is 320 g/mol. The Kier molecular flexibility index (Phi) is 4.85. The van der Waals surface area contributed by atoms with Crippen LogP contribution in [0.2, 0.25) is 0 Å². The number of amides is 2. The molecular formula is C18H22N4O3. The van der Waals surface area contributed by atoms with Gasteiger partial charge in [0.05, 0.1) is 5.69 Å². The van der Waals surface area contributed by atoms with Crippen LogP contribution in [0.5, 0.6) is 0 Å². The van der Waals surface area contributed by atoms with E-state index in [0.717, 1.165) is 5.56 Å². The number of rotatable bonds is 4. The number of benzene rings is 1. The fraction of sp³-hybridized carbons (Fsp3) is 0.389. The molecule has 0 aliphatic carbocycles. The van der Waals surface area contributed by atoms with E-state index in [1.165, 1.54) is 0 Å². The number of nitrogens with two attached hydrogens (primary N) is 1. The molecule has 7 heteroatoms. The molecule has 1 aromatic heterocycles. The first-order chi connectivity index (χ1) is 12.0. The van der Waals surface area contributed by atoms with E-state index in [2.05, 4.69) is 5.16 Å². The van der Waals surface area contributed by atoms with Gasteiger partial charge >= 0.3 is 0 Å². The normalized spacial score (nSPS) is 18.3. The van der Waals surface area contributed by atoms with Crippen LogP contribution >= 0.6 is 0 Å². The van der Waals surface area contributed by atoms with Crippen molar-refractivity contribution in [2.45, 2.75) is 26.4 Å². The summed E-state index contributed by atoms with van der Waals surface area (Å²) in [6, 6.07) is 9.39. The van der Waals surface area contributed by atoms with Crippen LogP contribution in [0.3, 0.4) is 0 Å². The van der Waals surface area contributed by atoms with Gasteiger partial charge in [-0.1, -0.05) is 35.5 Å². The Labute approximate surface area is 146 Å². The second-order valence-corrected chi connectivity index (χ2v) is 6.32. The molecule has 0 spiro atoms. The Morgan fingerprint density at radius 2 is 1.96 bits per heavy atom. The van der Waals surface area contributed by atoms with E-state index in [-0.39, 0.29) is 12.5 Å². The van der Waals surface area contributed by atoms with E-state index in [1.807, 2.05) is 35.2 Å². The van der Waals surface area contributed by atoms with Gasteiger partial charge in [-0.3, -0.25) is 14.5 Å². The minimum Gasteiger partial charge on any atom is -0.368 e. The van der Waals surface area contributed by atoms with Crippen LogP contribution in [0.15, 0.2) is 34.9 Å². The van der Waals surface area contributed by atoms with Crippen molar-refractivity contribution in [3.05, 3.63) is 52.9 Å². The van der Waals surface area contributed by atoms with E-state index in [0.29, 0.717) is 36.7 Å². The zero-order valence-electron chi connectivity index (χ0n) is 14.4. The lowest BCUT2D eigenvalue weighted by molar-refractivity contribution is -0.125. The van der Waals surface area contributed by atoms with Crippen LogP contribution < -0.4 is 5.73 Å². The lowest BCUT2D eigenvalue weighted by Crippen LogP contribution is -2.59. The van der Waals surface area contributed by atoms with Crippen LogP contribution in [0, 0.1) is 13.8 Å². The zero-order chi connectivity index (χ0) is 18.0. The monoisotopic (exact) mass is 342 g/mol. The number of piperazine rings is 1. The number of primary amides is 1. The molecule has 2 aromatic rings. The van der Waals surface area contributed by atoms with Crippen molar-refractivity contribution in [3.63, 3.8) is 0 Å². The molecule has 1 atom stereocenters. The third-order valence-corrected chi connectivity index (χ3v) is 4.58. The predicted octanol–water partition coefficient (Wildman–Crippen LogP) is 1.10. The minimum atomic E-state index is -0.515. The molecule has 0 radical (unpaired) electrons. The number of hydrogen-bond donors (Lipinski definition) is 1. The van der Waals surface area contributed by atoms with Gasteiger partial charge in [0.25, 0.3) is 5.91 Å². The number of nitrogens with zero attached hydrogens (tertiary/aromatic N) is 3. The van der Waals surface area contributed by atoms with Crippen LogP contribution in [-0.2, 0) is 11.3 Å². The van der Waals surface area contributed by atoms with E-state index >= 15 is 0 Å². The van der Waals surface area contributed by atoms with Gasteiger partial charge in [0, 0.05) is 26.2 Å². The van der Waals surface area contributed by atoms with Crippen molar-refractivity contribution in [3.8, 4) is 0 Å².